The lowest BCUT2D eigenvalue weighted by molar-refractivity contribution is 0.111. The van der Waals surface area contributed by atoms with Gasteiger partial charge in [-0.25, -0.2) is 0 Å². The average Bonchev–Trinajstić information content (AvgIpc) is 2.06. The van der Waals surface area contributed by atoms with Crippen LogP contribution in [0.3, 0.4) is 0 Å². The Kier molecular flexibility index (Phi) is 2.66. The predicted octanol–water partition coefficient (Wildman–Crippen LogP) is 2.47. The maximum atomic E-state index is 9.90. The highest BCUT2D eigenvalue weighted by Gasteiger charge is 2.17. The van der Waals surface area contributed by atoms with Gasteiger partial charge in [-0.15, -0.1) is 0 Å². The first kappa shape index (κ1) is 9.01. The van der Waals surface area contributed by atoms with E-state index in [2.05, 4.69) is 0 Å². The van der Waals surface area contributed by atoms with Gasteiger partial charge < -0.3 is 5.11 Å². The average molecular weight is 162 g/mol. The highest BCUT2D eigenvalue weighted by Crippen LogP contribution is 2.21. The fraction of sp³-hybridized carbons (Fsp3) is 0.273. The van der Waals surface area contributed by atoms with Crippen LogP contribution in [0.15, 0.2) is 42.5 Å². The monoisotopic (exact) mass is 162 g/mol. The Morgan fingerprint density at radius 3 is 2.33 bits per heavy atom. The Labute approximate surface area is 73.4 Å². The molecule has 0 spiro atoms. The molecule has 64 valence electrons. The molecule has 1 heteroatoms. The van der Waals surface area contributed by atoms with Gasteiger partial charge in [0.2, 0.25) is 0 Å². The van der Waals surface area contributed by atoms with E-state index in [0.29, 0.717) is 0 Å². The molecule has 1 N–H and O–H groups in total. The zero-order valence-corrected chi connectivity index (χ0v) is 7.49. The summed E-state index contributed by atoms with van der Waals surface area (Å²) in [5.41, 5.74) is 0.0822. The van der Waals surface area contributed by atoms with Crippen molar-refractivity contribution in [2.75, 3.05) is 0 Å². The molecule has 0 bridgehead atoms. The molecule has 0 aromatic heterocycles. The quantitative estimate of drug-likeness (QED) is 0.662. The van der Waals surface area contributed by atoms with Gasteiger partial charge >= 0.3 is 0 Å². The largest absolute Gasteiger partial charge is 0.381 e. The van der Waals surface area contributed by atoms with Crippen LogP contribution in [0.25, 0.3) is 0 Å². The van der Waals surface area contributed by atoms with Gasteiger partial charge in [-0.1, -0.05) is 42.5 Å². The van der Waals surface area contributed by atoms with Crippen LogP contribution in [-0.2, 0) is 5.60 Å². The summed E-state index contributed by atoms with van der Waals surface area (Å²) in [7, 11) is 0. The third-order valence-corrected chi connectivity index (χ3v) is 1.85. The summed E-state index contributed by atoms with van der Waals surface area (Å²) >= 11 is 0. The van der Waals surface area contributed by atoms with E-state index in [0.717, 1.165) is 5.56 Å². The van der Waals surface area contributed by atoms with Gasteiger partial charge in [-0.05, 0) is 19.4 Å². The molecule has 1 aromatic carbocycles. The van der Waals surface area contributed by atoms with Gasteiger partial charge in [0.25, 0.3) is 0 Å². The minimum atomic E-state index is -0.837. The first-order valence-electron chi connectivity index (χ1n) is 4.08. The van der Waals surface area contributed by atoms with Crippen LogP contribution in [0.2, 0.25) is 0 Å². The maximum absolute atomic E-state index is 9.90. The molecule has 0 aliphatic heterocycles. The van der Waals surface area contributed by atoms with Gasteiger partial charge in [-0.3, -0.25) is 0 Å². The molecular weight excluding hydrogens is 148 g/mol. The van der Waals surface area contributed by atoms with Crippen molar-refractivity contribution in [2.45, 2.75) is 19.4 Å². The molecule has 0 saturated carbocycles. The van der Waals surface area contributed by atoms with Crippen LogP contribution in [0.4, 0.5) is 0 Å². The summed E-state index contributed by atoms with van der Waals surface area (Å²) in [6.07, 6.45) is 3.63. The lowest BCUT2D eigenvalue weighted by Crippen LogP contribution is -2.17. The van der Waals surface area contributed by atoms with Crippen molar-refractivity contribution < 1.29 is 5.11 Å². The second-order valence-corrected chi connectivity index (χ2v) is 3.01. The van der Waals surface area contributed by atoms with Crippen LogP contribution in [-0.4, -0.2) is 5.11 Å². The first-order valence-corrected chi connectivity index (χ1v) is 4.08. The van der Waals surface area contributed by atoms with Crippen molar-refractivity contribution in [3.63, 3.8) is 0 Å². The number of hydrogen-bond acceptors (Lipinski definition) is 1. The normalized spacial score (nSPS) is 16.2. The van der Waals surface area contributed by atoms with Gasteiger partial charge in [0, 0.05) is 0 Å². The van der Waals surface area contributed by atoms with E-state index >= 15 is 0 Å². The van der Waals surface area contributed by atoms with E-state index in [1.165, 1.54) is 0 Å². The van der Waals surface area contributed by atoms with Crippen LogP contribution in [0.1, 0.15) is 19.4 Å². The number of aliphatic hydroxyl groups is 1. The number of benzene rings is 1. The summed E-state index contributed by atoms with van der Waals surface area (Å²) < 4.78 is 0. The molecule has 0 heterocycles. The van der Waals surface area contributed by atoms with Gasteiger partial charge in [-0.2, -0.15) is 0 Å². The van der Waals surface area contributed by atoms with E-state index in [1.54, 1.807) is 13.0 Å². The molecule has 12 heavy (non-hydrogen) atoms. The third kappa shape index (κ3) is 1.95. The molecule has 0 fully saturated rings. The highest BCUT2D eigenvalue weighted by molar-refractivity contribution is 5.25. The highest BCUT2D eigenvalue weighted by atomic mass is 16.3. The lowest BCUT2D eigenvalue weighted by atomic mass is 9.96. The summed E-state index contributed by atoms with van der Waals surface area (Å²) in [4.78, 5) is 0. The fourth-order valence-corrected chi connectivity index (χ4v) is 1.20. The third-order valence-electron chi connectivity index (χ3n) is 1.85. The second-order valence-electron chi connectivity index (χ2n) is 3.01. The number of allylic oxidation sites excluding steroid dienone is 1. The Balaban J connectivity index is 2.97. The van der Waals surface area contributed by atoms with Crippen LogP contribution >= 0.6 is 0 Å². The smallest absolute Gasteiger partial charge is 0.105 e. The van der Waals surface area contributed by atoms with E-state index in [1.807, 2.05) is 43.3 Å². The SMILES string of the molecule is CC=CC(C)(O)c1ccccc1. The predicted molar refractivity (Wildman–Crippen MR) is 50.8 cm³/mol. The molecule has 0 aliphatic rings. The van der Waals surface area contributed by atoms with Crippen LogP contribution in [0.5, 0.6) is 0 Å². The van der Waals surface area contributed by atoms with E-state index < -0.39 is 5.60 Å². The molecule has 1 aromatic rings. The van der Waals surface area contributed by atoms with E-state index in [9.17, 15) is 5.11 Å². The van der Waals surface area contributed by atoms with Crippen molar-refractivity contribution in [1.29, 1.82) is 0 Å². The van der Waals surface area contributed by atoms with E-state index in [4.69, 9.17) is 0 Å². The topological polar surface area (TPSA) is 20.2 Å². The second kappa shape index (κ2) is 3.55. The minimum absolute atomic E-state index is 0.837. The molecule has 1 nitrogen and oxygen atoms in total. The summed E-state index contributed by atoms with van der Waals surface area (Å²) in [5, 5.41) is 9.90. The van der Waals surface area contributed by atoms with Crippen molar-refractivity contribution in [3.8, 4) is 0 Å². The Morgan fingerprint density at radius 2 is 1.83 bits per heavy atom. The molecule has 1 atom stereocenters. The maximum Gasteiger partial charge on any atom is 0.105 e. The number of hydrogen-bond donors (Lipinski definition) is 1. The Hall–Kier alpha value is -1.08. The number of rotatable bonds is 2. The van der Waals surface area contributed by atoms with Crippen LogP contribution < -0.4 is 0 Å². The zero-order valence-electron chi connectivity index (χ0n) is 7.49. The molecule has 0 radical (unpaired) electrons. The molecular formula is C11H14O. The first-order chi connectivity index (χ1) is 5.67. The Bertz CT molecular complexity index is 260. The van der Waals surface area contributed by atoms with Crippen molar-refractivity contribution in [2.24, 2.45) is 0 Å². The van der Waals surface area contributed by atoms with Crippen molar-refractivity contribution >= 4 is 0 Å². The zero-order chi connectivity index (χ0) is 9.03. The van der Waals surface area contributed by atoms with Gasteiger partial charge in [0.1, 0.15) is 5.60 Å². The minimum Gasteiger partial charge on any atom is -0.381 e. The lowest BCUT2D eigenvalue weighted by Gasteiger charge is -2.18. The summed E-state index contributed by atoms with van der Waals surface area (Å²) in [6.45, 7) is 3.68. The van der Waals surface area contributed by atoms with Crippen molar-refractivity contribution in [3.05, 3.63) is 48.0 Å². The molecule has 1 unspecified atom stereocenters. The van der Waals surface area contributed by atoms with E-state index in [-0.39, 0.29) is 0 Å². The van der Waals surface area contributed by atoms with Gasteiger partial charge in [0.15, 0.2) is 0 Å². The molecule has 0 aliphatic carbocycles. The van der Waals surface area contributed by atoms with Crippen LogP contribution in [0, 0.1) is 0 Å². The molecule has 1 rings (SSSR count). The fourth-order valence-electron chi connectivity index (χ4n) is 1.20. The summed E-state index contributed by atoms with van der Waals surface area (Å²) in [6, 6.07) is 9.62. The Morgan fingerprint density at radius 1 is 1.25 bits per heavy atom. The molecule has 0 saturated heterocycles. The summed E-state index contributed by atoms with van der Waals surface area (Å²) in [5.74, 6) is 0. The van der Waals surface area contributed by atoms with Gasteiger partial charge in [0.05, 0.1) is 0 Å². The van der Waals surface area contributed by atoms with Crippen molar-refractivity contribution in [1.82, 2.24) is 0 Å². The molecule has 0 amide bonds. The standard InChI is InChI=1S/C11H14O/c1-3-9-11(2,12)10-7-5-4-6-8-10/h3-9,12H,1-2H3.